The third-order valence-corrected chi connectivity index (χ3v) is 3.49. The van der Waals surface area contributed by atoms with Gasteiger partial charge in [-0.15, -0.1) is 5.10 Å². The Bertz CT molecular complexity index is 741. The molecule has 0 spiro atoms. The maximum atomic E-state index is 4.38. The van der Waals surface area contributed by atoms with Crippen LogP contribution in [0, 0.1) is 6.92 Å². The Hall–Kier alpha value is -1.69. The van der Waals surface area contributed by atoms with E-state index in [1.165, 1.54) is 0 Å². The van der Waals surface area contributed by atoms with Gasteiger partial charge in [0.2, 0.25) is 4.73 Å². The fraction of sp³-hybridized carbons (Fsp3) is 0.308. The molecule has 0 aliphatic carbocycles. The maximum absolute atomic E-state index is 4.38. The van der Waals surface area contributed by atoms with E-state index in [2.05, 4.69) is 57.2 Å². The Morgan fingerprint density at radius 3 is 2.74 bits per heavy atom. The molecule has 3 aromatic rings. The largest absolute Gasteiger partial charge is 0.270 e. The predicted octanol–water partition coefficient (Wildman–Crippen LogP) is 3.24. The fourth-order valence-corrected chi connectivity index (χ4v) is 2.45. The molecule has 19 heavy (non-hydrogen) atoms. The summed E-state index contributed by atoms with van der Waals surface area (Å²) in [7, 11) is 0. The second kappa shape index (κ2) is 4.45. The Balaban J connectivity index is 2.16. The maximum Gasteiger partial charge on any atom is 0.218 e. The number of fused-ring (bicyclic) bond motifs is 1. The Morgan fingerprint density at radius 2 is 2.05 bits per heavy atom. The third kappa shape index (κ3) is 2.06. The van der Waals surface area contributed by atoms with Gasteiger partial charge in [-0.2, -0.15) is 5.10 Å². The summed E-state index contributed by atoms with van der Waals surface area (Å²) in [6.07, 6.45) is 3.95. The van der Waals surface area contributed by atoms with Crippen LogP contribution in [0.2, 0.25) is 0 Å². The average Bonchev–Trinajstić information content (AvgIpc) is 2.95. The lowest BCUT2D eigenvalue weighted by Gasteiger charge is -2.06. The zero-order chi connectivity index (χ0) is 13.6. The molecule has 0 bridgehead atoms. The second-order valence-corrected chi connectivity index (χ2v) is 5.50. The van der Waals surface area contributed by atoms with Crippen LogP contribution in [0.25, 0.3) is 16.8 Å². The molecule has 0 aliphatic rings. The van der Waals surface area contributed by atoms with Gasteiger partial charge in [-0.25, -0.2) is 9.50 Å². The van der Waals surface area contributed by atoms with E-state index in [9.17, 15) is 0 Å². The van der Waals surface area contributed by atoms with Gasteiger partial charge in [-0.05, 0) is 48.8 Å². The molecule has 3 rings (SSSR count). The van der Waals surface area contributed by atoms with E-state index in [4.69, 9.17) is 0 Å². The van der Waals surface area contributed by atoms with Gasteiger partial charge in [0.25, 0.3) is 0 Å². The van der Waals surface area contributed by atoms with Gasteiger partial charge >= 0.3 is 0 Å². The lowest BCUT2D eigenvalue weighted by Crippen LogP contribution is -2.00. The molecule has 0 fully saturated rings. The number of hydrogen-bond acceptors (Lipinski definition) is 3. The number of nitrogens with zero attached hydrogens (tertiary/aromatic N) is 5. The van der Waals surface area contributed by atoms with Crippen molar-refractivity contribution in [1.29, 1.82) is 0 Å². The summed E-state index contributed by atoms with van der Waals surface area (Å²) in [4.78, 5) is 4.29. The van der Waals surface area contributed by atoms with Gasteiger partial charge in [-0.1, -0.05) is 0 Å². The lowest BCUT2D eigenvalue weighted by atomic mass is 10.1. The monoisotopic (exact) mass is 319 g/mol. The van der Waals surface area contributed by atoms with Crippen molar-refractivity contribution in [2.45, 2.75) is 26.8 Å². The zero-order valence-electron chi connectivity index (χ0n) is 11.0. The number of aromatic nitrogens is 5. The number of pyridine rings is 1. The van der Waals surface area contributed by atoms with Crippen LogP contribution in [0.5, 0.6) is 0 Å². The van der Waals surface area contributed by atoms with Crippen LogP contribution in [0.3, 0.4) is 0 Å². The van der Waals surface area contributed by atoms with Gasteiger partial charge in [0.05, 0.1) is 6.20 Å². The standard InChI is InChI=1S/C13H14BrN5/c1-8(2)18-7-10(6-15-18)11-4-5-12-16-13(14)17-19(12)9(11)3/h4-8H,1-3H3. The summed E-state index contributed by atoms with van der Waals surface area (Å²) >= 11 is 3.30. The Kier molecular flexibility index (Phi) is 2.89. The molecule has 5 nitrogen and oxygen atoms in total. The second-order valence-electron chi connectivity index (χ2n) is 4.79. The molecule has 3 heterocycles. The highest BCUT2D eigenvalue weighted by molar-refractivity contribution is 9.10. The quantitative estimate of drug-likeness (QED) is 0.728. The van der Waals surface area contributed by atoms with Gasteiger partial charge in [-0.3, -0.25) is 4.68 Å². The first-order chi connectivity index (χ1) is 9.06. The third-order valence-electron chi connectivity index (χ3n) is 3.15. The molecule has 6 heteroatoms. The molecule has 0 saturated heterocycles. The number of rotatable bonds is 2. The number of aryl methyl sites for hydroxylation is 1. The fourth-order valence-electron chi connectivity index (χ4n) is 2.11. The lowest BCUT2D eigenvalue weighted by molar-refractivity contribution is 0.532. The van der Waals surface area contributed by atoms with Gasteiger partial charge in [0, 0.05) is 29.1 Å². The molecule has 0 aromatic carbocycles. The first-order valence-corrected chi connectivity index (χ1v) is 6.92. The average molecular weight is 320 g/mol. The van der Waals surface area contributed by atoms with Crippen molar-refractivity contribution in [3.05, 3.63) is 35.0 Å². The highest BCUT2D eigenvalue weighted by Gasteiger charge is 2.11. The van der Waals surface area contributed by atoms with Crippen molar-refractivity contribution in [1.82, 2.24) is 24.4 Å². The van der Waals surface area contributed by atoms with E-state index in [1.807, 2.05) is 28.4 Å². The van der Waals surface area contributed by atoms with Crippen LogP contribution in [-0.2, 0) is 0 Å². The van der Waals surface area contributed by atoms with E-state index in [0.29, 0.717) is 10.8 Å². The highest BCUT2D eigenvalue weighted by atomic mass is 79.9. The SMILES string of the molecule is Cc1c(-c2cnn(C(C)C)c2)ccc2nc(Br)nn12. The van der Waals surface area contributed by atoms with Crippen LogP contribution in [-0.4, -0.2) is 24.4 Å². The highest BCUT2D eigenvalue weighted by Crippen LogP contribution is 2.24. The molecular formula is C13H14BrN5. The van der Waals surface area contributed by atoms with Gasteiger partial charge in [0.1, 0.15) is 0 Å². The predicted molar refractivity (Wildman–Crippen MR) is 77.0 cm³/mol. The van der Waals surface area contributed by atoms with Gasteiger partial charge in [0.15, 0.2) is 5.65 Å². The van der Waals surface area contributed by atoms with Crippen LogP contribution >= 0.6 is 15.9 Å². The van der Waals surface area contributed by atoms with E-state index in [1.54, 1.807) is 0 Å². The van der Waals surface area contributed by atoms with E-state index >= 15 is 0 Å². The minimum Gasteiger partial charge on any atom is -0.270 e. The molecule has 98 valence electrons. The minimum atomic E-state index is 0.360. The molecule has 0 radical (unpaired) electrons. The summed E-state index contributed by atoms with van der Waals surface area (Å²) in [5.41, 5.74) is 4.11. The van der Waals surface area contributed by atoms with Crippen LogP contribution in [0.15, 0.2) is 29.3 Å². The molecule has 0 aliphatic heterocycles. The van der Waals surface area contributed by atoms with Crippen LogP contribution in [0.1, 0.15) is 25.6 Å². The van der Waals surface area contributed by atoms with Crippen molar-refractivity contribution in [2.75, 3.05) is 0 Å². The summed E-state index contributed by atoms with van der Waals surface area (Å²) in [5.74, 6) is 0. The van der Waals surface area contributed by atoms with E-state index in [0.717, 1.165) is 22.5 Å². The number of halogens is 1. The van der Waals surface area contributed by atoms with E-state index in [-0.39, 0.29) is 0 Å². The normalized spacial score (nSPS) is 11.6. The molecule has 0 unspecified atom stereocenters. The molecule has 0 amide bonds. The van der Waals surface area contributed by atoms with E-state index < -0.39 is 0 Å². The van der Waals surface area contributed by atoms with Gasteiger partial charge < -0.3 is 0 Å². The molecule has 0 saturated carbocycles. The summed E-state index contributed by atoms with van der Waals surface area (Å²) in [6.45, 7) is 6.26. The molecule has 3 aromatic heterocycles. The summed E-state index contributed by atoms with van der Waals surface area (Å²) < 4.78 is 4.40. The van der Waals surface area contributed by atoms with Crippen LogP contribution in [0.4, 0.5) is 0 Å². The van der Waals surface area contributed by atoms with Crippen molar-refractivity contribution < 1.29 is 0 Å². The van der Waals surface area contributed by atoms with Crippen molar-refractivity contribution in [3.8, 4) is 11.1 Å². The molecule has 0 atom stereocenters. The smallest absolute Gasteiger partial charge is 0.218 e. The minimum absolute atomic E-state index is 0.360. The van der Waals surface area contributed by atoms with Crippen molar-refractivity contribution in [3.63, 3.8) is 0 Å². The first kappa shape index (κ1) is 12.3. The van der Waals surface area contributed by atoms with Crippen LogP contribution < -0.4 is 0 Å². The molecular weight excluding hydrogens is 306 g/mol. The first-order valence-electron chi connectivity index (χ1n) is 6.12. The molecule has 0 N–H and O–H groups in total. The topological polar surface area (TPSA) is 48.0 Å². The Labute approximate surface area is 119 Å². The van der Waals surface area contributed by atoms with Crippen molar-refractivity contribution >= 4 is 21.6 Å². The summed E-state index contributed by atoms with van der Waals surface area (Å²) in [5, 5.41) is 8.72. The number of hydrogen-bond donors (Lipinski definition) is 0. The Morgan fingerprint density at radius 1 is 1.26 bits per heavy atom. The van der Waals surface area contributed by atoms with Crippen molar-refractivity contribution in [2.24, 2.45) is 0 Å². The zero-order valence-corrected chi connectivity index (χ0v) is 12.6. The summed E-state index contributed by atoms with van der Waals surface area (Å²) in [6, 6.07) is 4.39.